The third-order valence-corrected chi connectivity index (χ3v) is 2.40. The summed E-state index contributed by atoms with van der Waals surface area (Å²) in [5.74, 6) is 0.854. The standard InChI is InChI=1S/C11H19N3O/c1-4-10(13-5-2)14(12-3)11-8-6-7-9-15-11/h5,11H,2-4,6-9H2,1H3/b13-10+. The second-order valence-corrected chi connectivity index (χ2v) is 3.39. The molecule has 0 aromatic rings. The fourth-order valence-corrected chi connectivity index (χ4v) is 1.67. The Morgan fingerprint density at radius 3 is 2.87 bits per heavy atom. The predicted molar refractivity (Wildman–Crippen MR) is 62.9 cm³/mol. The van der Waals surface area contributed by atoms with Crippen LogP contribution in [0.4, 0.5) is 0 Å². The first-order valence-corrected chi connectivity index (χ1v) is 5.38. The van der Waals surface area contributed by atoms with Gasteiger partial charge in [0.2, 0.25) is 0 Å². The first kappa shape index (κ1) is 11.9. The average molecular weight is 209 g/mol. The minimum Gasteiger partial charge on any atom is -0.356 e. The molecule has 1 heterocycles. The first-order valence-electron chi connectivity index (χ1n) is 5.38. The van der Waals surface area contributed by atoms with Crippen molar-refractivity contribution in [3.05, 3.63) is 12.8 Å². The normalized spacial score (nSPS) is 22.2. The molecule has 0 amide bonds. The number of aliphatic imine (C=N–C) groups is 1. The second kappa shape index (κ2) is 6.35. The topological polar surface area (TPSA) is 37.2 Å². The van der Waals surface area contributed by atoms with E-state index in [9.17, 15) is 0 Å². The van der Waals surface area contributed by atoms with Crippen LogP contribution in [0.15, 0.2) is 22.9 Å². The number of ether oxygens (including phenoxy) is 1. The Kier molecular flexibility index (Phi) is 5.04. The zero-order chi connectivity index (χ0) is 11.1. The molecular formula is C11H19N3O. The first-order chi connectivity index (χ1) is 7.33. The highest BCUT2D eigenvalue weighted by atomic mass is 16.5. The van der Waals surface area contributed by atoms with Gasteiger partial charge in [-0.3, -0.25) is 0 Å². The van der Waals surface area contributed by atoms with Crippen molar-refractivity contribution >= 4 is 12.6 Å². The van der Waals surface area contributed by atoms with Crippen LogP contribution in [-0.4, -0.2) is 30.4 Å². The summed E-state index contributed by atoms with van der Waals surface area (Å²) in [5, 5.41) is 5.75. The van der Waals surface area contributed by atoms with Crippen molar-refractivity contribution in [3.8, 4) is 0 Å². The van der Waals surface area contributed by atoms with E-state index in [1.54, 1.807) is 5.01 Å². The molecule has 0 bridgehead atoms. The van der Waals surface area contributed by atoms with Gasteiger partial charge in [0.25, 0.3) is 0 Å². The monoisotopic (exact) mass is 209 g/mol. The van der Waals surface area contributed by atoms with E-state index in [0.717, 1.165) is 31.7 Å². The van der Waals surface area contributed by atoms with Crippen molar-refractivity contribution < 1.29 is 4.74 Å². The number of hydrogen-bond donors (Lipinski definition) is 0. The van der Waals surface area contributed by atoms with Gasteiger partial charge in [0.05, 0.1) is 0 Å². The Bertz CT molecular complexity index is 244. The van der Waals surface area contributed by atoms with Gasteiger partial charge in [-0.05, 0) is 19.3 Å². The quantitative estimate of drug-likeness (QED) is 0.405. The Morgan fingerprint density at radius 2 is 2.40 bits per heavy atom. The summed E-state index contributed by atoms with van der Waals surface area (Å²) in [5.41, 5.74) is 0. The van der Waals surface area contributed by atoms with Crippen LogP contribution in [0.2, 0.25) is 0 Å². The predicted octanol–water partition coefficient (Wildman–Crippen LogP) is 2.38. The van der Waals surface area contributed by atoms with Gasteiger partial charge in [0.15, 0.2) is 6.23 Å². The van der Waals surface area contributed by atoms with Crippen molar-refractivity contribution in [2.75, 3.05) is 6.61 Å². The summed E-state index contributed by atoms with van der Waals surface area (Å²) in [6.45, 7) is 9.99. The molecule has 4 nitrogen and oxygen atoms in total. The summed E-state index contributed by atoms with van der Waals surface area (Å²) in [4.78, 5) is 4.18. The lowest BCUT2D eigenvalue weighted by Crippen LogP contribution is -2.39. The van der Waals surface area contributed by atoms with E-state index in [2.05, 4.69) is 23.4 Å². The van der Waals surface area contributed by atoms with Crippen molar-refractivity contribution in [3.63, 3.8) is 0 Å². The molecule has 1 fully saturated rings. The maximum atomic E-state index is 5.64. The number of hydrazone groups is 1. The lowest BCUT2D eigenvalue weighted by molar-refractivity contribution is -0.0557. The minimum absolute atomic E-state index is 0.00472. The molecule has 0 spiro atoms. The molecule has 1 saturated heterocycles. The van der Waals surface area contributed by atoms with Gasteiger partial charge in [0, 0.05) is 25.9 Å². The highest BCUT2D eigenvalue weighted by Crippen LogP contribution is 2.18. The Hall–Kier alpha value is -1.16. The third kappa shape index (κ3) is 3.16. The van der Waals surface area contributed by atoms with Crippen molar-refractivity contribution in [1.29, 1.82) is 0 Å². The Morgan fingerprint density at radius 1 is 1.60 bits per heavy atom. The number of amidine groups is 1. The van der Waals surface area contributed by atoms with E-state index in [0.29, 0.717) is 0 Å². The van der Waals surface area contributed by atoms with Crippen molar-refractivity contribution in [1.82, 2.24) is 5.01 Å². The van der Waals surface area contributed by atoms with Crippen molar-refractivity contribution in [2.24, 2.45) is 10.1 Å². The van der Waals surface area contributed by atoms with Crippen LogP contribution >= 0.6 is 0 Å². The highest BCUT2D eigenvalue weighted by Gasteiger charge is 2.22. The molecule has 1 rings (SSSR count). The molecular weight excluding hydrogens is 190 g/mol. The van der Waals surface area contributed by atoms with E-state index in [1.807, 2.05) is 6.92 Å². The Balaban J connectivity index is 2.71. The molecule has 1 atom stereocenters. The Labute approximate surface area is 91.3 Å². The average Bonchev–Trinajstić information content (AvgIpc) is 2.30. The maximum absolute atomic E-state index is 5.64. The minimum atomic E-state index is -0.00472. The lowest BCUT2D eigenvalue weighted by Gasteiger charge is -2.31. The van der Waals surface area contributed by atoms with Crippen LogP contribution in [-0.2, 0) is 4.74 Å². The molecule has 0 aromatic carbocycles. The van der Waals surface area contributed by atoms with E-state index in [-0.39, 0.29) is 6.23 Å². The van der Waals surface area contributed by atoms with Crippen LogP contribution in [0.25, 0.3) is 0 Å². The van der Waals surface area contributed by atoms with Gasteiger partial charge in [-0.1, -0.05) is 13.5 Å². The number of nitrogens with zero attached hydrogens (tertiary/aromatic N) is 3. The molecule has 1 aliphatic rings. The van der Waals surface area contributed by atoms with Crippen LogP contribution < -0.4 is 0 Å². The zero-order valence-electron chi connectivity index (χ0n) is 9.35. The molecule has 1 aliphatic heterocycles. The molecule has 0 N–H and O–H groups in total. The molecule has 0 aromatic heterocycles. The molecule has 15 heavy (non-hydrogen) atoms. The van der Waals surface area contributed by atoms with Gasteiger partial charge in [-0.15, -0.1) is 0 Å². The summed E-state index contributed by atoms with van der Waals surface area (Å²) in [6.07, 6.45) is 5.60. The van der Waals surface area contributed by atoms with Crippen LogP contribution in [0.1, 0.15) is 32.6 Å². The second-order valence-electron chi connectivity index (χ2n) is 3.39. The van der Waals surface area contributed by atoms with Gasteiger partial charge >= 0.3 is 0 Å². The molecule has 0 saturated carbocycles. The van der Waals surface area contributed by atoms with Crippen molar-refractivity contribution in [2.45, 2.75) is 38.8 Å². The van der Waals surface area contributed by atoms with Crippen LogP contribution in [0.3, 0.4) is 0 Å². The third-order valence-electron chi connectivity index (χ3n) is 2.40. The van der Waals surface area contributed by atoms with Gasteiger partial charge < -0.3 is 4.74 Å². The van der Waals surface area contributed by atoms with E-state index < -0.39 is 0 Å². The summed E-state index contributed by atoms with van der Waals surface area (Å²) in [6, 6.07) is 0. The molecule has 0 radical (unpaired) electrons. The summed E-state index contributed by atoms with van der Waals surface area (Å²) in [7, 11) is 0. The molecule has 0 aliphatic carbocycles. The highest BCUT2D eigenvalue weighted by molar-refractivity contribution is 5.82. The number of rotatable bonds is 4. The fraction of sp³-hybridized carbons (Fsp3) is 0.636. The maximum Gasteiger partial charge on any atom is 0.152 e. The zero-order valence-corrected chi connectivity index (χ0v) is 9.35. The smallest absolute Gasteiger partial charge is 0.152 e. The van der Waals surface area contributed by atoms with E-state index in [4.69, 9.17) is 4.74 Å². The summed E-state index contributed by atoms with van der Waals surface area (Å²) < 4.78 is 5.64. The van der Waals surface area contributed by atoms with Gasteiger partial charge in [-0.25, -0.2) is 10.0 Å². The number of hydrogen-bond acceptors (Lipinski definition) is 3. The summed E-state index contributed by atoms with van der Waals surface area (Å²) >= 11 is 0. The molecule has 4 heteroatoms. The lowest BCUT2D eigenvalue weighted by atomic mass is 10.2. The molecule has 1 unspecified atom stereocenters. The molecule has 84 valence electrons. The van der Waals surface area contributed by atoms with Gasteiger partial charge in [0.1, 0.15) is 5.84 Å². The van der Waals surface area contributed by atoms with Crippen LogP contribution in [0.5, 0.6) is 0 Å². The largest absolute Gasteiger partial charge is 0.356 e. The fourth-order valence-electron chi connectivity index (χ4n) is 1.67. The van der Waals surface area contributed by atoms with Crippen LogP contribution in [0, 0.1) is 0 Å². The van der Waals surface area contributed by atoms with E-state index >= 15 is 0 Å². The van der Waals surface area contributed by atoms with Gasteiger partial charge in [-0.2, -0.15) is 5.10 Å². The van der Waals surface area contributed by atoms with E-state index in [1.165, 1.54) is 12.6 Å². The SMILES string of the molecule is C=C/N=C(\CC)N(N=C)C1CCCCO1.